The van der Waals surface area contributed by atoms with E-state index in [9.17, 15) is 15.0 Å². The van der Waals surface area contributed by atoms with Gasteiger partial charge in [-0.3, -0.25) is 4.79 Å². The van der Waals surface area contributed by atoms with Gasteiger partial charge in [-0.25, -0.2) is 0 Å². The number of carbonyl (C=O) groups is 1. The van der Waals surface area contributed by atoms with Crippen LogP contribution in [0.1, 0.15) is 52.4 Å². The zero-order chi connectivity index (χ0) is 21.0. The molecule has 1 saturated carbocycles. The Labute approximate surface area is 172 Å². The monoisotopic (exact) mass is 398 g/mol. The third-order valence-corrected chi connectivity index (χ3v) is 5.93. The number of carboxylic acid groups (broad SMARTS) is 1. The lowest BCUT2D eigenvalue weighted by molar-refractivity contribution is -0.137. The van der Waals surface area contributed by atoms with Crippen molar-refractivity contribution in [3.8, 4) is 11.8 Å². The third kappa shape index (κ3) is 4.83. The van der Waals surface area contributed by atoms with Gasteiger partial charge in [-0.15, -0.1) is 11.8 Å². The first-order chi connectivity index (χ1) is 13.9. The second kappa shape index (κ2) is 9.47. The maximum absolute atomic E-state index is 10.8. The lowest BCUT2D eigenvalue weighted by atomic mass is 9.88. The first kappa shape index (κ1) is 21.4. The van der Waals surface area contributed by atoms with Crippen molar-refractivity contribution < 1.29 is 24.9 Å². The van der Waals surface area contributed by atoms with Gasteiger partial charge in [0.15, 0.2) is 0 Å². The number of carboxylic acids is 1. The first-order valence-corrected chi connectivity index (χ1v) is 10.4. The van der Waals surface area contributed by atoms with Crippen LogP contribution >= 0.6 is 0 Å². The molecule has 3 rings (SSSR count). The van der Waals surface area contributed by atoms with Gasteiger partial charge in [0.1, 0.15) is 11.9 Å². The summed E-state index contributed by atoms with van der Waals surface area (Å²) in [5.41, 5.74) is 3.27. The molecule has 3 aliphatic rings. The van der Waals surface area contributed by atoms with E-state index in [1.807, 2.05) is 19.1 Å². The predicted octanol–water partition coefficient (Wildman–Crippen LogP) is 3.50. The van der Waals surface area contributed by atoms with E-state index < -0.39 is 18.2 Å². The molecule has 3 N–H and O–H groups in total. The van der Waals surface area contributed by atoms with Gasteiger partial charge >= 0.3 is 5.97 Å². The van der Waals surface area contributed by atoms with Crippen molar-refractivity contribution >= 4 is 5.97 Å². The number of ether oxygens (including phenoxy) is 1. The van der Waals surface area contributed by atoms with E-state index >= 15 is 0 Å². The highest BCUT2D eigenvalue weighted by atomic mass is 16.5. The minimum atomic E-state index is -0.788. The van der Waals surface area contributed by atoms with Crippen LogP contribution in [0.25, 0.3) is 0 Å². The predicted molar refractivity (Wildman–Crippen MR) is 111 cm³/mol. The maximum atomic E-state index is 10.8. The van der Waals surface area contributed by atoms with Crippen molar-refractivity contribution in [1.29, 1.82) is 0 Å². The Morgan fingerprint density at radius 1 is 1.45 bits per heavy atom. The number of aliphatic carboxylic acids is 1. The molecule has 0 radical (unpaired) electrons. The van der Waals surface area contributed by atoms with Gasteiger partial charge in [0.05, 0.1) is 12.2 Å². The number of hydrogen-bond acceptors (Lipinski definition) is 4. The molecular formula is C24H30O5. The number of hydrogen-bond donors (Lipinski definition) is 3. The Hall–Kier alpha value is -2.29. The molecule has 0 aromatic heterocycles. The molecule has 0 bridgehead atoms. The van der Waals surface area contributed by atoms with Crippen molar-refractivity contribution in [2.24, 2.45) is 11.8 Å². The molecule has 0 unspecified atom stereocenters. The number of allylic oxidation sites excluding steroid dienone is 4. The summed E-state index contributed by atoms with van der Waals surface area (Å²) < 4.78 is 6.20. The van der Waals surface area contributed by atoms with Gasteiger partial charge in [-0.05, 0) is 43.3 Å². The molecule has 0 spiro atoms. The first-order valence-electron chi connectivity index (χ1n) is 10.4. The largest absolute Gasteiger partial charge is 0.485 e. The molecular weight excluding hydrogens is 368 g/mol. The van der Waals surface area contributed by atoms with Gasteiger partial charge < -0.3 is 20.1 Å². The lowest BCUT2D eigenvalue weighted by Crippen LogP contribution is -2.17. The number of fused-ring (bicyclic) bond motifs is 2. The Balaban J connectivity index is 1.78. The summed E-state index contributed by atoms with van der Waals surface area (Å²) in [5.74, 6) is 5.79. The summed E-state index contributed by atoms with van der Waals surface area (Å²) in [6.45, 7) is 3.75. The van der Waals surface area contributed by atoms with Crippen LogP contribution in [0.3, 0.4) is 0 Å². The molecule has 0 saturated heterocycles. The molecule has 2 aliphatic carbocycles. The van der Waals surface area contributed by atoms with Crippen LogP contribution in [0.2, 0.25) is 0 Å². The van der Waals surface area contributed by atoms with Crippen molar-refractivity contribution in [2.45, 2.75) is 70.7 Å². The fourth-order valence-electron chi connectivity index (χ4n) is 4.31. The molecule has 156 valence electrons. The molecule has 5 nitrogen and oxygen atoms in total. The van der Waals surface area contributed by atoms with Crippen LogP contribution < -0.4 is 0 Å². The zero-order valence-electron chi connectivity index (χ0n) is 17.1. The van der Waals surface area contributed by atoms with E-state index in [-0.39, 0.29) is 24.4 Å². The second-order valence-electron chi connectivity index (χ2n) is 8.06. The minimum Gasteiger partial charge on any atom is -0.485 e. The summed E-state index contributed by atoms with van der Waals surface area (Å²) in [7, 11) is 0. The topological polar surface area (TPSA) is 87.0 Å². The smallest absolute Gasteiger partial charge is 0.303 e. The third-order valence-electron chi connectivity index (χ3n) is 5.93. The van der Waals surface area contributed by atoms with E-state index in [1.54, 1.807) is 13.0 Å². The maximum Gasteiger partial charge on any atom is 0.303 e. The van der Waals surface area contributed by atoms with E-state index in [2.05, 4.69) is 17.9 Å². The van der Waals surface area contributed by atoms with Gasteiger partial charge in [0, 0.05) is 30.8 Å². The van der Waals surface area contributed by atoms with Crippen LogP contribution in [0.15, 0.2) is 46.8 Å². The van der Waals surface area contributed by atoms with Crippen LogP contribution in [0, 0.1) is 23.7 Å². The summed E-state index contributed by atoms with van der Waals surface area (Å²) in [4.78, 5) is 10.8. The molecule has 0 amide bonds. The average Bonchev–Trinajstić information content (AvgIpc) is 3.19. The van der Waals surface area contributed by atoms with Crippen molar-refractivity contribution in [3.63, 3.8) is 0 Å². The summed E-state index contributed by atoms with van der Waals surface area (Å²) >= 11 is 0. The van der Waals surface area contributed by atoms with Gasteiger partial charge in [-0.1, -0.05) is 31.2 Å². The summed E-state index contributed by atoms with van der Waals surface area (Å²) in [6.07, 6.45) is 9.84. The molecule has 5 heteroatoms. The highest BCUT2D eigenvalue weighted by Crippen LogP contribution is 2.48. The summed E-state index contributed by atoms with van der Waals surface area (Å²) in [6, 6.07) is 0. The highest BCUT2D eigenvalue weighted by molar-refractivity contribution is 5.66. The zero-order valence-corrected chi connectivity index (χ0v) is 17.1. The lowest BCUT2D eigenvalue weighted by Gasteiger charge is -2.19. The fraction of sp³-hybridized carbons (Fsp3) is 0.542. The Morgan fingerprint density at radius 2 is 2.24 bits per heavy atom. The average molecular weight is 398 g/mol. The van der Waals surface area contributed by atoms with Crippen molar-refractivity contribution in [3.05, 3.63) is 46.8 Å². The highest BCUT2D eigenvalue weighted by Gasteiger charge is 2.45. The van der Waals surface area contributed by atoms with Gasteiger partial charge in [0.2, 0.25) is 0 Å². The van der Waals surface area contributed by atoms with E-state index in [0.29, 0.717) is 25.7 Å². The standard InChI is InChI=1S/C24H30O5/c1-3-4-7-15(2)19(25)13-12-17-20(26)14-21-23(17)18-10-5-8-16(24(18)29-21)9-6-11-22(27)28/h5,8,12-13,15,17,19-21,25-26H,6-7,9-11,14H2,1-2H3,(H,27,28)/t15-,17-,19-,20+,21-/m0/s1. The Bertz CT molecular complexity index is 820. The number of rotatable bonds is 8. The number of aliphatic hydroxyl groups is 2. The molecule has 29 heavy (non-hydrogen) atoms. The van der Waals surface area contributed by atoms with Gasteiger partial charge in [-0.2, -0.15) is 0 Å². The molecule has 0 aromatic carbocycles. The normalized spacial score (nSPS) is 27.4. The second-order valence-corrected chi connectivity index (χ2v) is 8.06. The van der Waals surface area contributed by atoms with Gasteiger partial charge in [0.25, 0.3) is 0 Å². The van der Waals surface area contributed by atoms with Crippen LogP contribution in [0.5, 0.6) is 0 Å². The Morgan fingerprint density at radius 3 is 2.97 bits per heavy atom. The van der Waals surface area contributed by atoms with Crippen LogP contribution in [-0.4, -0.2) is 39.6 Å². The van der Waals surface area contributed by atoms with Crippen molar-refractivity contribution in [2.75, 3.05) is 0 Å². The molecule has 0 aromatic rings. The Kier molecular flexibility index (Phi) is 7.00. The van der Waals surface area contributed by atoms with Crippen molar-refractivity contribution in [1.82, 2.24) is 0 Å². The van der Waals surface area contributed by atoms with E-state index in [1.165, 1.54) is 0 Å². The van der Waals surface area contributed by atoms with Crippen LogP contribution in [-0.2, 0) is 9.53 Å². The molecule has 1 aliphatic heterocycles. The fourth-order valence-corrected chi connectivity index (χ4v) is 4.31. The van der Waals surface area contributed by atoms with Crippen LogP contribution in [0.4, 0.5) is 0 Å². The molecule has 1 fully saturated rings. The minimum absolute atomic E-state index is 0.0273. The number of aliphatic hydroxyl groups excluding tert-OH is 2. The SMILES string of the molecule is CC#CC[C@H](C)[C@@H](O)C=C[C@@H]1C2=C3CC=CC(CCCC(=O)O)=C3O[C@H]2C[C@H]1O. The molecule has 5 atom stereocenters. The summed E-state index contributed by atoms with van der Waals surface area (Å²) in [5, 5.41) is 29.9. The van der Waals surface area contributed by atoms with E-state index in [0.717, 1.165) is 28.9 Å². The molecule has 1 heterocycles. The van der Waals surface area contributed by atoms with E-state index in [4.69, 9.17) is 9.84 Å². The quantitative estimate of drug-likeness (QED) is 0.430.